The topological polar surface area (TPSA) is 180 Å². The van der Waals surface area contributed by atoms with Crippen LogP contribution in [0.25, 0.3) is 0 Å². The van der Waals surface area contributed by atoms with Crippen molar-refractivity contribution >= 4 is 35.8 Å². The largest absolute Gasteiger partial charge is 0.478 e. The minimum Gasteiger partial charge on any atom is -0.478 e. The Hall–Kier alpha value is -4.74. The van der Waals surface area contributed by atoms with Crippen molar-refractivity contribution in [2.75, 3.05) is 0 Å². The summed E-state index contributed by atoms with van der Waals surface area (Å²) >= 11 is 0. The number of hydrogen-bond acceptors (Lipinski definition) is 10. The molecule has 0 amide bonds. The Labute approximate surface area is 192 Å². The number of carboxylic acid groups (broad SMARTS) is 2. The second-order valence-corrected chi connectivity index (χ2v) is 6.25. The fourth-order valence-corrected chi connectivity index (χ4v) is 2.34. The van der Waals surface area contributed by atoms with Gasteiger partial charge in [0.1, 0.15) is 11.1 Å². The quantitative estimate of drug-likeness (QED) is 0.460. The first-order chi connectivity index (χ1) is 15.8. The minimum atomic E-state index is -1.28. The molecule has 0 radical (unpaired) electrons. The summed E-state index contributed by atoms with van der Waals surface area (Å²) in [6.45, 7) is 4.56. The van der Waals surface area contributed by atoms with Gasteiger partial charge in [0, 0.05) is 27.7 Å². The van der Waals surface area contributed by atoms with Gasteiger partial charge in [0.25, 0.3) is 0 Å². The van der Waals surface area contributed by atoms with Crippen LogP contribution in [0.1, 0.15) is 48.4 Å². The van der Waals surface area contributed by atoms with Crippen molar-refractivity contribution < 1.29 is 57.9 Å². The number of aromatic carboxylic acids is 2. The highest BCUT2D eigenvalue weighted by Gasteiger charge is 2.20. The number of rotatable bonds is 6. The summed E-state index contributed by atoms with van der Waals surface area (Å²) < 4.78 is 19.0. The molecule has 0 spiro atoms. The van der Waals surface area contributed by atoms with Gasteiger partial charge >= 0.3 is 35.8 Å². The lowest BCUT2D eigenvalue weighted by Gasteiger charge is -2.10. The van der Waals surface area contributed by atoms with Crippen LogP contribution >= 0.6 is 0 Å². The van der Waals surface area contributed by atoms with Crippen molar-refractivity contribution in [3.8, 4) is 23.0 Å². The van der Waals surface area contributed by atoms with E-state index in [2.05, 4.69) is 0 Å². The van der Waals surface area contributed by atoms with Crippen LogP contribution in [-0.2, 0) is 19.2 Å². The molecule has 0 saturated heterocycles. The molecular formula is C22H20O12. The number of carboxylic acids is 2. The van der Waals surface area contributed by atoms with E-state index in [9.17, 15) is 28.8 Å². The molecule has 0 aliphatic carbocycles. The molecule has 2 N–H and O–H groups in total. The van der Waals surface area contributed by atoms with Crippen LogP contribution in [0.5, 0.6) is 23.0 Å². The summed E-state index contributed by atoms with van der Waals surface area (Å²) in [6.07, 6.45) is 0. The number of para-hydroxylation sites is 2. The van der Waals surface area contributed by atoms with Crippen LogP contribution in [0.2, 0.25) is 0 Å². The minimum absolute atomic E-state index is 0.104. The van der Waals surface area contributed by atoms with E-state index in [-0.39, 0.29) is 34.1 Å². The maximum absolute atomic E-state index is 10.9. The van der Waals surface area contributed by atoms with Crippen LogP contribution in [-0.4, -0.2) is 46.0 Å². The lowest BCUT2D eigenvalue weighted by molar-refractivity contribution is -0.134. The second-order valence-electron chi connectivity index (χ2n) is 6.25. The lowest BCUT2D eigenvalue weighted by Crippen LogP contribution is -2.11. The molecule has 0 aromatic heterocycles. The van der Waals surface area contributed by atoms with Crippen molar-refractivity contribution in [1.29, 1.82) is 0 Å². The van der Waals surface area contributed by atoms with E-state index >= 15 is 0 Å². The third-order valence-electron chi connectivity index (χ3n) is 3.42. The van der Waals surface area contributed by atoms with E-state index in [1.54, 1.807) is 0 Å². The Kier molecular flexibility index (Phi) is 9.90. The summed E-state index contributed by atoms with van der Waals surface area (Å²) in [5.74, 6) is -6.00. The molecule has 0 unspecified atom stereocenters. The number of benzene rings is 2. The Morgan fingerprint density at radius 2 is 0.824 bits per heavy atom. The van der Waals surface area contributed by atoms with E-state index in [0.29, 0.717) is 0 Å². The van der Waals surface area contributed by atoms with Gasteiger partial charge in [0.15, 0.2) is 23.0 Å². The molecule has 12 nitrogen and oxygen atoms in total. The molecule has 12 heteroatoms. The van der Waals surface area contributed by atoms with E-state index < -0.39 is 35.8 Å². The molecule has 180 valence electrons. The van der Waals surface area contributed by atoms with Gasteiger partial charge in [-0.15, -0.1) is 0 Å². The molecule has 2 aromatic carbocycles. The standard InChI is InChI=1S/2C11H10O6/c2*1-6(12)16-9-5-3-4-8(11(14)15)10(9)17-7(2)13/h2*3-5H,1-2H3,(H,14,15). The van der Waals surface area contributed by atoms with Gasteiger partial charge in [0.05, 0.1) is 0 Å². The van der Waals surface area contributed by atoms with Crippen molar-refractivity contribution in [1.82, 2.24) is 0 Å². The number of hydrogen-bond donors (Lipinski definition) is 2. The molecule has 2 aromatic rings. The Morgan fingerprint density at radius 1 is 0.529 bits per heavy atom. The van der Waals surface area contributed by atoms with Gasteiger partial charge in [0.2, 0.25) is 0 Å². The summed E-state index contributed by atoms with van der Waals surface area (Å²) in [5.41, 5.74) is -0.502. The van der Waals surface area contributed by atoms with Gasteiger partial charge in [-0.3, -0.25) is 19.2 Å². The lowest BCUT2D eigenvalue weighted by atomic mass is 10.2. The molecule has 0 bridgehead atoms. The first-order valence-electron chi connectivity index (χ1n) is 9.29. The zero-order valence-electron chi connectivity index (χ0n) is 18.4. The van der Waals surface area contributed by atoms with E-state index in [4.69, 9.17) is 29.2 Å². The molecule has 0 atom stereocenters. The maximum atomic E-state index is 10.9. The third-order valence-corrected chi connectivity index (χ3v) is 3.42. The third kappa shape index (κ3) is 8.42. The molecular weight excluding hydrogens is 456 g/mol. The summed E-state index contributed by atoms with van der Waals surface area (Å²) in [7, 11) is 0. The zero-order chi connectivity index (χ0) is 26.0. The average molecular weight is 476 g/mol. The van der Waals surface area contributed by atoms with Crippen molar-refractivity contribution in [2.45, 2.75) is 27.7 Å². The normalized spacial score (nSPS) is 9.53. The Balaban J connectivity index is 0.000000340. The fourth-order valence-electron chi connectivity index (χ4n) is 2.34. The van der Waals surface area contributed by atoms with Crippen LogP contribution in [0, 0.1) is 0 Å². The first-order valence-corrected chi connectivity index (χ1v) is 9.29. The maximum Gasteiger partial charge on any atom is 0.339 e. The van der Waals surface area contributed by atoms with Gasteiger partial charge in [-0.25, -0.2) is 9.59 Å². The van der Waals surface area contributed by atoms with Crippen LogP contribution < -0.4 is 18.9 Å². The number of ether oxygens (including phenoxy) is 4. The summed E-state index contributed by atoms with van der Waals surface area (Å²) in [6, 6.07) is 7.93. The monoisotopic (exact) mass is 476 g/mol. The highest BCUT2D eigenvalue weighted by atomic mass is 16.6. The smallest absolute Gasteiger partial charge is 0.339 e. The molecule has 0 heterocycles. The van der Waals surface area contributed by atoms with Crippen molar-refractivity contribution in [3.05, 3.63) is 47.5 Å². The summed E-state index contributed by atoms with van der Waals surface area (Å²) in [5, 5.41) is 17.8. The van der Waals surface area contributed by atoms with Gasteiger partial charge < -0.3 is 29.2 Å². The Morgan fingerprint density at radius 3 is 1.06 bits per heavy atom. The van der Waals surface area contributed by atoms with E-state index in [1.165, 1.54) is 36.4 Å². The van der Waals surface area contributed by atoms with Gasteiger partial charge in [-0.2, -0.15) is 0 Å². The molecule has 34 heavy (non-hydrogen) atoms. The van der Waals surface area contributed by atoms with Crippen molar-refractivity contribution in [2.24, 2.45) is 0 Å². The van der Waals surface area contributed by atoms with Gasteiger partial charge in [-0.1, -0.05) is 12.1 Å². The molecule has 0 saturated carbocycles. The van der Waals surface area contributed by atoms with Crippen LogP contribution in [0.4, 0.5) is 0 Å². The predicted molar refractivity (Wildman–Crippen MR) is 112 cm³/mol. The molecule has 0 aliphatic rings. The van der Waals surface area contributed by atoms with E-state index in [1.807, 2.05) is 0 Å². The predicted octanol–water partition coefficient (Wildman–Crippen LogP) is 2.47. The molecule has 0 aliphatic heterocycles. The average Bonchev–Trinajstić information content (AvgIpc) is 2.69. The molecule has 2 rings (SSSR count). The van der Waals surface area contributed by atoms with Gasteiger partial charge in [-0.05, 0) is 24.3 Å². The number of esters is 4. The Bertz CT molecular complexity index is 1040. The number of carbonyl (C=O) groups excluding carboxylic acids is 4. The van der Waals surface area contributed by atoms with Crippen molar-refractivity contribution in [3.63, 3.8) is 0 Å². The van der Waals surface area contributed by atoms with Crippen LogP contribution in [0.15, 0.2) is 36.4 Å². The second kappa shape index (κ2) is 12.3. The summed E-state index contributed by atoms with van der Waals surface area (Å²) in [4.78, 5) is 65.2. The zero-order valence-corrected chi connectivity index (χ0v) is 18.4. The van der Waals surface area contributed by atoms with Crippen LogP contribution in [0.3, 0.4) is 0 Å². The first kappa shape index (κ1) is 27.3. The highest BCUT2D eigenvalue weighted by Crippen LogP contribution is 2.32. The molecule has 0 fully saturated rings. The fraction of sp³-hybridized carbons (Fsp3) is 0.182. The SMILES string of the molecule is CC(=O)Oc1cccc(C(=O)O)c1OC(C)=O.CC(=O)Oc1cccc(C(=O)O)c1OC(C)=O. The highest BCUT2D eigenvalue weighted by molar-refractivity contribution is 5.94. The number of carbonyl (C=O) groups is 6. The van der Waals surface area contributed by atoms with E-state index in [0.717, 1.165) is 27.7 Å².